The van der Waals surface area contributed by atoms with Crippen molar-refractivity contribution in [3.63, 3.8) is 0 Å². The first-order valence-corrected chi connectivity index (χ1v) is 4.62. The van der Waals surface area contributed by atoms with Gasteiger partial charge in [0.05, 0.1) is 5.83 Å². The van der Waals surface area contributed by atoms with Gasteiger partial charge in [-0.05, 0) is 18.1 Å². The van der Waals surface area contributed by atoms with E-state index in [-0.39, 0.29) is 5.83 Å². The van der Waals surface area contributed by atoms with Gasteiger partial charge in [0, 0.05) is 6.54 Å². The highest BCUT2D eigenvalue weighted by molar-refractivity contribution is 5.23. The van der Waals surface area contributed by atoms with Crippen LogP contribution in [-0.4, -0.2) is 6.54 Å². The minimum atomic E-state index is -0.141. The molecule has 0 aromatic carbocycles. The average Bonchev–Trinajstić information content (AvgIpc) is 2.22. The second-order valence-electron chi connectivity index (χ2n) is 2.12. The van der Waals surface area contributed by atoms with Crippen molar-refractivity contribution in [2.75, 3.05) is 6.54 Å². The molecule has 0 atom stereocenters. The van der Waals surface area contributed by atoms with Crippen molar-refractivity contribution in [2.45, 2.75) is 27.2 Å². The fraction of sp³-hybridized carbons (Fsp3) is 0.455. The van der Waals surface area contributed by atoms with E-state index in [0.717, 1.165) is 5.57 Å². The zero-order valence-electron chi connectivity index (χ0n) is 8.81. The standard InChI is InChI=1S/C9H14FN.C2H6/c1-3-8(7-11)5-6-9(10)4-2;1-2/h3,5-6H,1,4,7,11H2,2H3;1-2H3/b8-5+,9-6+;. The van der Waals surface area contributed by atoms with Gasteiger partial charge in [-0.3, -0.25) is 0 Å². The zero-order chi connectivity index (χ0) is 10.7. The van der Waals surface area contributed by atoms with Crippen molar-refractivity contribution in [3.8, 4) is 0 Å². The third kappa shape index (κ3) is 9.02. The van der Waals surface area contributed by atoms with Crippen LogP contribution in [-0.2, 0) is 0 Å². The van der Waals surface area contributed by atoms with Crippen LogP contribution in [0.25, 0.3) is 0 Å². The third-order valence-corrected chi connectivity index (χ3v) is 1.31. The molecule has 0 aromatic rings. The van der Waals surface area contributed by atoms with Crippen molar-refractivity contribution < 1.29 is 4.39 Å². The average molecular weight is 185 g/mol. The molecule has 0 saturated heterocycles. The van der Waals surface area contributed by atoms with E-state index in [9.17, 15) is 4.39 Å². The first-order valence-electron chi connectivity index (χ1n) is 4.62. The molecule has 0 aliphatic heterocycles. The predicted octanol–water partition coefficient (Wildman–Crippen LogP) is 3.35. The number of halogens is 1. The molecule has 2 heteroatoms. The number of hydrogen-bond acceptors (Lipinski definition) is 1. The van der Waals surface area contributed by atoms with Crippen LogP contribution in [0.5, 0.6) is 0 Å². The van der Waals surface area contributed by atoms with Gasteiger partial charge in [-0.25, -0.2) is 4.39 Å². The lowest BCUT2D eigenvalue weighted by Crippen LogP contribution is -1.99. The Morgan fingerprint density at radius 3 is 2.23 bits per heavy atom. The highest BCUT2D eigenvalue weighted by atomic mass is 19.1. The Labute approximate surface area is 80.8 Å². The van der Waals surface area contributed by atoms with E-state index >= 15 is 0 Å². The molecule has 13 heavy (non-hydrogen) atoms. The largest absolute Gasteiger partial charge is 0.326 e. The van der Waals surface area contributed by atoms with Crippen LogP contribution >= 0.6 is 0 Å². The summed E-state index contributed by atoms with van der Waals surface area (Å²) >= 11 is 0. The molecule has 0 bridgehead atoms. The van der Waals surface area contributed by atoms with Crippen LogP contribution in [0.15, 0.2) is 36.2 Å². The smallest absolute Gasteiger partial charge is 0.0996 e. The first-order chi connectivity index (χ1) is 6.24. The summed E-state index contributed by atoms with van der Waals surface area (Å²) in [6.45, 7) is 9.70. The fourth-order valence-electron chi connectivity index (χ4n) is 0.535. The lowest BCUT2D eigenvalue weighted by atomic mass is 10.2. The summed E-state index contributed by atoms with van der Waals surface area (Å²) in [5, 5.41) is 0. The molecule has 0 radical (unpaired) electrons. The van der Waals surface area contributed by atoms with Crippen molar-refractivity contribution in [2.24, 2.45) is 5.73 Å². The molecule has 0 aromatic heterocycles. The molecular weight excluding hydrogens is 165 g/mol. The molecular formula is C11H20FN. The highest BCUT2D eigenvalue weighted by Gasteiger charge is 1.87. The molecule has 1 nitrogen and oxygen atoms in total. The van der Waals surface area contributed by atoms with E-state index < -0.39 is 0 Å². The SMILES string of the molecule is C=C/C(=C\C=C(\F)CC)CN.CC. The molecule has 0 amide bonds. The van der Waals surface area contributed by atoms with Crippen molar-refractivity contribution >= 4 is 0 Å². The summed E-state index contributed by atoms with van der Waals surface area (Å²) in [7, 11) is 0. The lowest BCUT2D eigenvalue weighted by molar-refractivity contribution is 0.604. The number of rotatable bonds is 4. The van der Waals surface area contributed by atoms with Gasteiger partial charge in [0.2, 0.25) is 0 Å². The molecule has 0 aliphatic rings. The number of nitrogens with two attached hydrogens (primary N) is 1. The van der Waals surface area contributed by atoms with Crippen LogP contribution in [0.1, 0.15) is 27.2 Å². The zero-order valence-corrected chi connectivity index (χ0v) is 8.81. The minimum Gasteiger partial charge on any atom is -0.326 e. The first kappa shape index (κ1) is 14.6. The quantitative estimate of drug-likeness (QED) is 0.668. The topological polar surface area (TPSA) is 26.0 Å². The highest BCUT2D eigenvalue weighted by Crippen LogP contribution is 2.03. The fourth-order valence-corrected chi connectivity index (χ4v) is 0.535. The van der Waals surface area contributed by atoms with E-state index in [1.165, 1.54) is 6.08 Å². The molecule has 0 unspecified atom stereocenters. The Morgan fingerprint density at radius 1 is 1.38 bits per heavy atom. The summed E-state index contributed by atoms with van der Waals surface area (Å²) in [6.07, 6.45) is 5.11. The maximum absolute atomic E-state index is 12.5. The van der Waals surface area contributed by atoms with Crippen molar-refractivity contribution in [1.29, 1.82) is 0 Å². The molecule has 0 aliphatic carbocycles. The molecule has 0 fully saturated rings. The molecule has 76 valence electrons. The Bertz CT molecular complexity index is 181. The Hall–Kier alpha value is -0.890. The van der Waals surface area contributed by atoms with Crippen molar-refractivity contribution in [3.05, 3.63) is 36.2 Å². The van der Waals surface area contributed by atoms with E-state index in [4.69, 9.17) is 5.73 Å². The molecule has 0 saturated carbocycles. The summed E-state index contributed by atoms with van der Waals surface area (Å²) < 4.78 is 12.5. The number of allylic oxidation sites excluding steroid dienone is 3. The van der Waals surface area contributed by atoms with Gasteiger partial charge in [-0.1, -0.05) is 39.5 Å². The predicted molar refractivity (Wildman–Crippen MR) is 58.2 cm³/mol. The van der Waals surface area contributed by atoms with Gasteiger partial charge >= 0.3 is 0 Å². The third-order valence-electron chi connectivity index (χ3n) is 1.31. The van der Waals surface area contributed by atoms with Gasteiger partial charge < -0.3 is 5.73 Å². The minimum absolute atomic E-state index is 0.141. The summed E-state index contributed by atoms with van der Waals surface area (Å²) in [6, 6.07) is 0. The summed E-state index contributed by atoms with van der Waals surface area (Å²) in [4.78, 5) is 0. The van der Waals surface area contributed by atoms with E-state index in [1.807, 2.05) is 13.8 Å². The van der Waals surface area contributed by atoms with Crippen LogP contribution in [0.3, 0.4) is 0 Å². The van der Waals surface area contributed by atoms with Crippen LogP contribution in [0.4, 0.5) is 4.39 Å². The van der Waals surface area contributed by atoms with Gasteiger partial charge in [0.25, 0.3) is 0 Å². The van der Waals surface area contributed by atoms with Gasteiger partial charge in [-0.15, -0.1) is 0 Å². The molecule has 2 N–H and O–H groups in total. The van der Waals surface area contributed by atoms with E-state index in [0.29, 0.717) is 13.0 Å². The normalized spacial score (nSPS) is 11.8. The summed E-state index contributed by atoms with van der Waals surface area (Å²) in [5.41, 5.74) is 6.16. The van der Waals surface area contributed by atoms with Gasteiger partial charge in [-0.2, -0.15) is 0 Å². The maximum atomic E-state index is 12.5. The van der Waals surface area contributed by atoms with Crippen molar-refractivity contribution in [1.82, 2.24) is 0 Å². The molecule has 0 rings (SSSR count). The van der Waals surface area contributed by atoms with Crippen LogP contribution in [0, 0.1) is 0 Å². The van der Waals surface area contributed by atoms with Crippen LogP contribution < -0.4 is 5.73 Å². The Kier molecular flexibility index (Phi) is 12.5. The van der Waals surface area contributed by atoms with Gasteiger partial charge in [0.1, 0.15) is 0 Å². The van der Waals surface area contributed by atoms with E-state index in [1.54, 1.807) is 19.1 Å². The van der Waals surface area contributed by atoms with Crippen LogP contribution in [0.2, 0.25) is 0 Å². The monoisotopic (exact) mass is 185 g/mol. The summed E-state index contributed by atoms with van der Waals surface area (Å²) in [5.74, 6) is -0.141. The number of hydrogen-bond donors (Lipinski definition) is 1. The second-order valence-corrected chi connectivity index (χ2v) is 2.12. The Balaban J connectivity index is 0. The Morgan fingerprint density at radius 2 is 1.92 bits per heavy atom. The maximum Gasteiger partial charge on any atom is 0.0996 e. The van der Waals surface area contributed by atoms with Gasteiger partial charge in [0.15, 0.2) is 0 Å². The lowest BCUT2D eigenvalue weighted by Gasteiger charge is -1.92. The molecule has 0 heterocycles. The second kappa shape index (κ2) is 11.1. The van der Waals surface area contributed by atoms with E-state index in [2.05, 4.69) is 6.58 Å². The molecule has 0 spiro atoms.